The van der Waals surface area contributed by atoms with Crippen LogP contribution in [0.4, 0.5) is 0 Å². The molecule has 94 valence electrons. The third kappa shape index (κ3) is 3.09. The van der Waals surface area contributed by atoms with Crippen molar-refractivity contribution in [2.75, 3.05) is 7.05 Å². The predicted octanol–water partition coefficient (Wildman–Crippen LogP) is 3.66. The number of pyridine rings is 1. The van der Waals surface area contributed by atoms with Gasteiger partial charge in [0, 0.05) is 29.0 Å². The summed E-state index contributed by atoms with van der Waals surface area (Å²) >= 11 is 3.45. The van der Waals surface area contributed by atoms with Crippen molar-refractivity contribution in [2.24, 2.45) is 0 Å². The molecule has 18 heavy (non-hydrogen) atoms. The highest BCUT2D eigenvalue weighted by molar-refractivity contribution is 9.10. The Hall–Kier alpha value is -1.39. The Bertz CT molecular complexity index is 543. The molecule has 1 heterocycles. The highest BCUT2D eigenvalue weighted by Gasteiger charge is 2.06. The second-order valence-corrected chi connectivity index (χ2v) is 4.94. The third-order valence-electron chi connectivity index (χ3n) is 2.60. The fourth-order valence-corrected chi connectivity index (χ4v) is 1.98. The molecule has 0 saturated heterocycles. The highest BCUT2D eigenvalue weighted by atomic mass is 79.9. The van der Waals surface area contributed by atoms with E-state index in [1.54, 1.807) is 6.20 Å². The number of aromatic nitrogens is 1. The van der Waals surface area contributed by atoms with E-state index in [0.29, 0.717) is 0 Å². The Morgan fingerprint density at radius 3 is 2.89 bits per heavy atom. The summed E-state index contributed by atoms with van der Waals surface area (Å²) in [5.41, 5.74) is 2.14. The number of halogens is 1. The second-order valence-electron chi connectivity index (χ2n) is 4.03. The Morgan fingerprint density at radius 2 is 2.11 bits per heavy atom. The number of aryl methyl sites for hydroxylation is 1. The minimum Gasteiger partial charge on any atom is -0.457 e. The normalized spacial score (nSPS) is 10.4. The smallest absolute Gasteiger partial charge is 0.135 e. The average molecular weight is 307 g/mol. The number of ether oxygens (including phenoxy) is 1. The van der Waals surface area contributed by atoms with Gasteiger partial charge >= 0.3 is 0 Å². The van der Waals surface area contributed by atoms with Gasteiger partial charge in [-0.05, 0) is 37.7 Å². The third-order valence-corrected chi connectivity index (χ3v) is 3.09. The van der Waals surface area contributed by atoms with Crippen LogP contribution in [0.15, 0.2) is 41.1 Å². The van der Waals surface area contributed by atoms with Crippen LogP contribution >= 0.6 is 15.9 Å². The van der Waals surface area contributed by atoms with E-state index in [1.165, 1.54) is 0 Å². The molecule has 4 heteroatoms. The molecule has 0 unspecified atom stereocenters. The maximum atomic E-state index is 5.96. The quantitative estimate of drug-likeness (QED) is 0.936. The van der Waals surface area contributed by atoms with Crippen molar-refractivity contribution in [3.63, 3.8) is 0 Å². The van der Waals surface area contributed by atoms with Crippen LogP contribution in [-0.2, 0) is 6.54 Å². The largest absolute Gasteiger partial charge is 0.457 e. The Kier molecular flexibility index (Phi) is 4.33. The lowest BCUT2D eigenvalue weighted by molar-refractivity contribution is 0.469. The number of rotatable bonds is 4. The lowest BCUT2D eigenvalue weighted by Crippen LogP contribution is -2.06. The molecule has 0 aliphatic heterocycles. The summed E-state index contributed by atoms with van der Waals surface area (Å²) in [6, 6.07) is 7.88. The Labute approximate surface area is 115 Å². The number of hydrogen-bond donors (Lipinski definition) is 1. The van der Waals surface area contributed by atoms with E-state index in [0.717, 1.165) is 33.6 Å². The standard InChI is InChI=1S/C14H15BrN2O/c1-10-3-4-12(15)7-14(10)18-13-5-6-17-9-11(13)8-16-2/h3-7,9,16H,8H2,1-2H3. The molecule has 0 aliphatic carbocycles. The molecule has 0 saturated carbocycles. The van der Waals surface area contributed by atoms with Crippen molar-refractivity contribution in [1.29, 1.82) is 0 Å². The number of benzene rings is 1. The molecule has 0 spiro atoms. The van der Waals surface area contributed by atoms with Crippen LogP contribution in [0.5, 0.6) is 11.5 Å². The molecule has 1 aromatic heterocycles. The Morgan fingerprint density at radius 1 is 1.28 bits per heavy atom. The fraction of sp³-hybridized carbons (Fsp3) is 0.214. The van der Waals surface area contributed by atoms with Crippen LogP contribution in [0.2, 0.25) is 0 Å². The van der Waals surface area contributed by atoms with Crippen LogP contribution in [0, 0.1) is 6.92 Å². The molecule has 0 bridgehead atoms. The van der Waals surface area contributed by atoms with Crippen molar-refractivity contribution in [1.82, 2.24) is 10.3 Å². The predicted molar refractivity (Wildman–Crippen MR) is 76.0 cm³/mol. The fourth-order valence-electron chi connectivity index (χ4n) is 1.64. The molecule has 3 nitrogen and oxygen atoms in total. The minimum atomic E-state index is 0.732. The summed E-state index contributed by atoms with van der Waals surface area (Å²) in [5, 5.41) is 3.11. The topological polar surface area (TPSA) is 34.2 Å². The zero-order valence-electron chi connectivity index (χ0n) is 10.4. The molecular formula is C14H15BrN2O. The monoisotopic (exact) mass is 306 g/mol. The van der Waals surface area contributed by atoms with E-state index in [-0.39, 0.29) is 0 Å². The van der Waals surface area contributed by atoms with Crippen molar-refractivity contribution in [2.45, 2.75) is 13.5 Å². The average Bonchev–Trinajstić information content (AvgIpc) is 2.36. The van der Waals surface area contributed by atoms with E-state index in [9.17, 15) is 0 Å². The van der Waals surface area contributed by atoms with Gasteiger partial charge < -0.3 is 10.1 Å². The van der Waals surface area contributed by atoms with Crippen LogP contribution in [0.3, 0.4) is 0 Å². The molecule has 0 amide bonds. The molecule has 2 rings (SSSR count). The van der Waals surface area contributed by atoms with E-state index < -0.39 is 0 Å². The van der Waals surface area contributed by atoms with Crippen LogP contribution in [0.25, 0.3) is 0 Å². The maximum Gasteiger partial charge on any atom is 0.135 e. The lowest BCUT2D eigenvalue weighted by Gasteiger charge is -2.12. The molecule has 1 N–H and O–H groups in total. The van der Waals surface area contributed by atoms with Gasteiger partial charge in [0.1, 0.15) is 11.5 Å². The summed E-state index contributed by atoms with van der Waals surface area (Å²) in [6.45, 7) is 2.76. The van der Waals surface area contributed by atoms with E-state index >= 15 is 0 Å². The number of hydrogen-bond acceptors (Lipinski definition) is 3. The summed E-state index contributed by atoms with van der Waals surface area (Å²) in [5.74, 6) is 1.69. The van der Waals surface area contributed by atoms with Gasteiger partial charge in [-0.3, -0.25) is 4.98 Å². The van der Waals surface area contributed by atoms with Gasteiger partial charge in [0.25, 0.3) is 0 Å². The van der Waals surface area contributed by atoms with Crippen molar-refractivity contribution in [3.05, 3.63) is 52.3 Å². The van der Waals surface area contributed by atoms with Gasteiger partial charge in [0.15, 0.2) is 0 Å². The summed E-state index contributed by atoms with van der Waals surface area (Å²) in [4.78, 5) is 4.12. The summed E-state index contributed by atoms with van der Waals surface area (Å²) in [6.07, 6.45) is 3.56. The van der Waals surface area contributed by atoms with Gasteiger partial charge in [-0.15, -0.1) is 0 Å². The molecule has 2 aromatic rings. The molecule has 1 aromatic carbocycles. The van der Waals surface area contributed by atoms with Gasteiger partial charge in [-0.25, -0.2) is 0 Å². The molecule has 0 radical (unpaired) electrons. The lowest BCUT2D eigenvalue weighted by atomic mass is 10.2. The van der Waals surface area contributed by atoms with Gasteiger partial charge in [0.2, 0.25) is 0 Å². The van der Waals surface area contributed by atoms with Crippen LogP contribution in [-0.4, -0.2) is 12.0 Å². The minimum absolute atomic E-state index is 0.732. The van der Waals surface area contributed by atoms with Crippen molar-refractivity contribution in [3.8, 4) is 11.5 Å². The maximum absolute atomic E-state index is 5.96. The second kappa shape index (κ2) is 5.98. The first-order chi connectivity index (χ1) is 8.70. The Balaban J connectivity index is 2.30. The van der Waals surface area contributed by atoms with E-state index in [4.69, 9.17) is 4.74 Å². The summed E-state index contributed by atoms with van der Waals surface area (Å²) in [7, 11) is 1.90. The molecule has 0 atom stereocenters. The first kappa shape index (κ1) is 13.1. The SMILES string of the molecule is CNCc1cnccc1Oc1cc(Br)ccc1C. The number of nitrogens with one attached hydrogen (secondary N) is 1. The molecule has 0 aliphatic rings. The van der Waals surface area contributed by atoms with Gasteiger partial charge in [-0.1, -0.05) is 22.0 Å². The van der Waals surface area contributed by atoms with Gasteiger partial charge in [-0.2, -0.15) is 0 Å². The first-order valence-electron chi connectivity index (χ1n) is 5.72. The van der Waals surface area contributed by atoms with E-state index in [2.05, 4.69) is 26.2 Å². The number of nitrogens with zero attached hydrogens (tertiary/aromatic N) is 1. The zero-order chi connectivity index (χ0) is 13.0. The van der Waals surface area contributed by atoms with Crippen LogP contribution < -0.4 is 10.1 Å². The highest BCUT2D eigenvalue weighted by Crippen LogP contribution is 2.29. The molecule has 0 fully saturated rings. The molecular weight excluding hydrogens is 292 g/mol. The summed E-state index contributed by atoms with van der Waals surface area (Å²) < 4.78 is 6.97. The van der Waals surface area contributed by atoms with Gasteiger partial charge in [0.05, 0.1) is 0 Å². The zero-order valence-corrected chi connectivity index (χ0v) is 12.0. The van der Waals surface area contributed by atoms with E-state index in [1.807, 2.05) is 44.4 Å². The van der Waals surface area contributed by atoms with Crippen LogP contribution in [0.1, 0.15) is 11.1 Å². The van der Waals surface area contributed by atoms with Crippen molar-refractivity contribution >= 4 is 15.9 Å². The van der Waals surface area contributed by atoms with Crippen molar-refractivity contribution < 1.29 is 4.74 Å². The first-order valence-corrected chi connectivity index (χ1v) is 6.51.